The quantitative estimate of drug-likeness (QED) is 0.250. The van der Waals surface area contributed by atoms with E-state index in [1.807, 2.05) is 43.3 Å². The van der Waals surface area contributed by atoms with Crippen molar-refractivity contribution < 1.29 is 19.4 Å². The minimum atomic E-state index is -0.959. The fraction of sp³-hybridized carbons (Fsp3) is 0.0800. The van der Waals surface area contributed by atoms with Crippen LogP contribution in [0.3, 0.4) is 0 Å². The third-order valence-corrected chi connectivity index (χ3v) is 7.12. The summed E-state index contributed by atoms with van der Waals surface area (Å²) < 4.78 is 6.77. The Morgan fingerprint density at radius 3 is 2.68 bits per heavy atom. The number of amidine groups is 1. The summed E-state index contributed by atoms with van der Waals surface area (Å²) in [5.74, 6) is -0.463. The van der Waals surface area contributed by atoms with Gasteiger partial charge in [0.25, 0.3) is 5.91 Å². The van der Waals surface area contributed by atoms with E-state index in [0.717, 1.165) is 20.3 Å². The van der Waals surface area contributed by atoms with E-state index in [0.29, 0.717) is 33.1 Å². The van der Waals surface area contributed by atoms with Crippen LogP contribution in [0.5, 0.6) is 5.75 Å². The monoisotopic (exact) mass is 604 g/mol. The first kappa shape index (κ1) is 24.3. The molecule has 0 saturated carbocycles. The van der Waals surface area contributed by atoms with Crippen LogP contribution >= 0.6 is 46.0 Å². The molecule has 0 radical (unpaired) electrons. The van der Waals surface area contributed by atoms with Gasteiger partial charge in [0.15, 0.2) is 5.17 Å². The van der Waals surface area contributed by atoms with E-state index >= 15 is 0 Å². The van der Waals surface area contributed by atoms with Gasteiger partial charge in [-0.3, -0.25) is 4.79 Å². The molecule has 0 spiro atoms. The number of thioether (sulfide) groups is 1. The predicted octanol–water partition coefficient (Wildman–Crippen LogP) is 6.42. The lowest BCUT2D eigenvalue weighted by atomic mass is 10.1. The molecule has 4 rings (SSSR count). The van der Waals surface area contributed by atoms with Crippen molar-refractivity contribution in [3.63, 3.8) is 0 Å². The van der Waals surface area contributed by atoms with Gasteiger partial charge in [0.05, 0.1) is 19.7 Å². The van der Waals surface area contributed by atoms with Crippen LogP contribution in [0.2, 0.25) is 5.02 Å². The molecule has 0 aromatic heterocycles. The summed E-state index contributed by atoms with van der Waals surface area (Å²) in [4.78, 5) is 28.5. The van der Waals surface area contributed by atoms with Gasteiger partial charge in [-0.2, -0.15) is 0 Å². The molecule has 172 valence electrons. The summed E-state index contributed by atoms with van der Waals surface area (Å²) in [5.41, 5.74) is 3.53. The van der Waals surface area contributed by atoms with Crippen molar-refractivity contribution in [2.75, 3.05) is 0 Å². The number of carbonyl (C=O) groups excluding carboxylic acids is 1. The first-order valence-corrected chi connectivity index (χ1v) is 12.4. The summed E-state index contributed by atoms with van der Waals surface area (Å²) in [6.45, 7) is 2.20. The van der Waals surface area contributed by atoms with Gasteiger partial charge in [-0.15, -0.1) is 0 Å². The number of carbonyl (C=O) groups is 2. The van der Waals surface area contributed by atoms with Crippen LogP contribution in [0.4, 0.5) is 5.69 Å². The Balaban J connectivity index is 1.44. The Hall–Kier alpha value is -2.82. The van der Waals surface area contributed by atoms with Crippen LogP contribution in [0, 0.1) is 10.5 Å². The Morgan fingerprint density at radius 1 is 1.21 bits per heavy atom. The van der Waals surface area contributed by atoms with E-state index < -0.39 is 5.97 Å². The minimum absolute atomic E-state index is 0.205. The fourth-order valence-corrected chi connectivity index (χ4v) is 4.79. The average molecular weight is 605 g/mol. The molecule has 1 fully saturated rings. The summed E-state index contributed by atoms with van der Waals surface area (Å²) in [5, 5.41) is 12.9. The molecule has 1 amide bonds. The van der Waals surface area contributed by atoms with Crippen molar-refractivity contribution in [3.8, 4) is 5.75 Å². The topological polar surface area (TPSA) is 88.0 Å². The number of nitrogens with zero attached hydrogens (tertiary/aromatic N) is 1. The van der Waals surface area contributed by atoms with Crippen LogP contribution in [-0.4, -0.2) is 22.2 Å². The van der Waals surface area contributed by atoms with Gasteiger partial charge in [0, 0.05) is 5.02 Å². The molecular weight excluding hydrogens is 587 g/mol. The first-order valence-electron chi connectivity index (χ1n) is 10.1. The van der Waals surface area contributed by atoms with E-state index in [9.17, 15) is 9.59 Å². The molecule has 9 heteroatoms. The number of nitrogens with one attached hydrogen (secondary N) is 1. The van der Waals surface area contributed by atoms with Gasteiger partial charge in [-0.1, -0.05) is 35.9 Å². The zero-order valence-corrected chi connectivity index (χ0v) is 21.6. The molecule has 1 aliphatic heterocycles. The fourth-order valence-electron chi connectivity index (χ4n) is 3.09. The number of benzene rings is 3. The molecule has 0 atom stereocenters. The molecule has 3 aromatic rings. The third kappa shape index (κ3) is 5.81. The highest BCUT2D eigenvalue weighted by Gasteiger charge is 2.24. The van der Waals surface area contributed by atoms with Crippen LogP contribution in [0.1, 0.15) is 27.0 Å². The lowest BCUT2D eigenvalue weighted by Gasteiger charge is -2.09. The zero-order chi connectivity index (χ0) is 24.2. The van der Waals surface area contributed by atoms with Gasteiger partial charge in [-0.25, -0.2) is 9.79 Å². The summed E-state index contributed by atoms with van der Waals surface area (Å²) in [6.07, 6.45) is 1.81. The number of ether oxygens (including phenoxy) is 1. The normalized spacial score (nSPS) is 15.6. The third-order valence-electron chi connectivity index (χ3n) is 4.96. The van der Waals surface area contributed by atoms with Gasteiger partial charge >= 0.3 is 5.97 Å². The van der Waals surface area contributed by atoms with Crippen molar-refractivity contribution in [2.24, 2.45) is 4.99 Å². The Labute approximate surface area is 219 Å². The maximum atomic E-state index is 12.4. The summed E-state index contributed by atoms with van der Waals surface area (Å²) >= 11 is 9.62. The van der Waals surface area contributed by atoms with E-state index in [2.05, 4.69) is 32.9 Å². The number of carboxylic acid groups (broad SMARTS) is 1. The molecule has 0 bridgehead atoms. The molecule has 1 aliphatic rings. The van der Waals surface area contributed by atoms with Gasteiger partial charge < -0.3 is 15.2 Å². The molecular formula is C25H18ClIN2O4S. The molecule has 3 aromatic carbocycles. The molecule has 1 saturated heterocycles. The maximum absolute atomic E-state index is 12.4. The van der Waals surface area contributed by atoms with Gasteiger partial charge in [0.2, 0.25) is 0 Å². The van der Waals surface area contributed by atoms with Gasteiger partial charge in [0.1, 0.15) is 12.4 Å². The number of carboxylic acids is 1. The highest BCUT2D eigenvalue weighted by molar-refractivity contribution is 14.1. The molecule has 0 unspecified atom stereocenters. The number of rotatable bonds is 6. The first-order chi connectivity index (χ1) is 16.3. The SMILES string of the molecule is Cc1c(Cl)cccc1N=C1NC(=O)/C(=C/c2ccc(OCc3ccc(C(=O)O)cc3)c(I)c2)S1. The van der Waals surface area contributed by atoms with Crippen molar-refractivity contribution in [3.05, 3.63) is 96.4 Å². The van der Waals surface area contributed by atoms with E-state index in [-0.39, 0.29) is 11.5 Å². The van der Waals surface area contributed by atoms with Crippen LogP contribution in [0.25, 0.3) is 6.08 Å². The number of hydrogen-bond acceptors (Lipinski definition) is 5. The lowest BCUT2D eigenvalue weighted by Crippen LogP contribution is -2.19. The summed E-state index contributed by atoms with van der Waals surface area (Å²) in [6, 6.07) is 17.7. The molecule has 0 aliphatic carbocycles. The van der Waals surface area contributed by atoms with Crippen molar-refractivity contribution in [1.82, 2.24) is 5.32 Å². The number of amides is 1. The molecule has 6 nitrogen and oxygen atoms in total. The highest BCUT2D eigenvalue weighted by atomic mass is 127. The average Bonchev–Trinajstić information content (AvgIpc) is 3.15. The standard InChI is InChI=1S/C25H18ClIN2O4S/c1-14-18(26)3-2-4-20(14)28-25-29-23(30)22(34-25)12-16-7-10-21(19(27)11-16)33-13-15-5-8-17(9-6-15)24(31)32/h2-12H,13H2,1H3,(H,31,32)(H,28,29,30)/b22-12-. The lowest BCUT2D eigenvalue weighted by molar-refractivity contribution is -0.115. The van der Waals surface area contributed by atoms with E-state index in [1.165, 1.54) is 11.8 Å². The molecule has 1 heterocycles. The van der Waals surface area contributed by atoms with Crippen LogP contribution in [-0.2, 0) is 11.4 Å². The second-order valence-electron chi connectivity index (χ2n) is 7.35. The van der Waals surface area contributed by atoms with Gasteiger partial charge in [-0.05, 0) is 100 Å². The zero-order valence-electron chi connectivity index (χ0n) is 17.8. The largest absolute Gasteiger partial charge is 0.488 e. The Morgan fingerprint density at radius 2 is 1.97 bits per heavy atom. The highest BCUT2D eigenvalue weighted by Crippen LogP contribution is 2.32. The minimum Gasteiger partial charge on any atom is -0.488 e. The second-order valence-corrected chi connectivity index (χ2v) is 9.95. The number of aromatic carboxylic acids is 1. The number of halogens is 2. The van der Waals surface area contributed by atoms with Crippen molar-refractivity contribution in [1.29, 1.82) is 0 Å². The van der Waals surface area contributed by atoms with Crippen molar-refractivity contribution >= 4 is 74.8 Å². The van der Waals surface area contributed by atoms with Crippen LogP contribution < -0.4 is 10.1 Å². The number of hydrogen-bond donors (Lipinski definition) is 2. The Kier molecular flexibility index (Phi) is 7.60. The predicted molar refractivity (Wildman–Crippen MR) is 144 cm³/mol. The molecule has 2 N–H and O–H groups in total. The van der Waals surface area contributed by atoms with E-state index in [4.69, 9.17) is 21.4 Å². The second kappa shape index (κ2) is 10.6. The Bertz CT molecular complexity index is 1340. The van der Waals surface area contributed by atoms with Crippen molar-refractivity contribution in [2.45, 2.75) is 13.5 Å². The van der Waals surface area contributed by atoms with Crippen LogP contribution in [0.15, 0.2) is 70.6 Å². The smallest absolute Gasteiger partial charge is 0.335 e. The van der Waals surface area contributed by atoms with E-state index in [1.54, 1.807) is 30.3 Å². The maximum Gasteiger partial charge on any atom is 0.335 e. The molecule has 34 heavy (non-hydrogen) atoms. The summed E-state index contributed by atoms with van der Waals surface area (Å²) in [7, 11) is 0. The number of aliphatic imine (C=N–C) groups is 1.